The van der Waals surface area contributed by atoms with Crippen molar-refractivity contribution in [2.24, 2.45) is 0 Å². The summed E-state index contributed by atoms with van der Waals surface area (Å²) in [5.41, 5.74) is 6.52. The summed E-state index contributed by atoms with van der Waals surface area (Å²) >= 11 is 0. The Kier molecular flexibility index (Phi) is 7.19. The fourth-order valence-electron chi connectivity index (χ4n) is 3.80. The number of phenolic OH excluding ortho intramolecular Hbond substituents is 1. The van der Waals surface area contributed by atoms with Crippen molar-refractivity contribution in [2.45, 2.75) is 13.3 Å². The highest BCUT2D eigenvalue weighted by Crippen LogP contribution is 2.31. The summed E-state index contributed by atoms with van der Waals surface area (Å²) in [5, 5.41) is 13.8. The molecule has 4 aromatic carbocycles. The first-order chi connectivity index (χ1) is 16.5. The summed E-state index contributed by atoms with van der Waals surface area (Å²) in [6, 6.07) is 29.5. The zero-order valence-corrected chi connectivity index (χ0v) is 19.5. The maximum Gasteiger partial charge on any atom is 0.124 e. The SMILES string of the molecule is C=C(Nc1cccc(OCCc2ccccc2OC)c1)c1cc(-c2ccc(C)cc2)ccc1O. The molecule has 0 saturated carbocycles. The summed E-state index contributed by atoms with van der Waals surface area (Å²) in [5.74, 6) is 1.80. The second-order valence-corrected chi connectivity index (χ2v) is 8.14. The van der Waals surface area contributed by atoms with Gasteiger partial charge >= 0.3 is 0 Å². The van der Waals surface area contributed by atoms with E-state index in [2.05, 4.69) is 43.1 Å². The fourth-order valence-corrected chi connectivity index (χ4v) is 3.80. The Morgan fingerprint density at radius 1 is 0.882 bits per heavy atom. The first kappa shape index (κ1) is 23.0. The highest BCUT2D eigenvalue weighted by atomic mass is 16.5. The van der Waals surface area contributed by atoms with Gasteiger partial charge in [-0.2, -0.15) is 0 Å². The number of aryl methyl sites for hydroxylation is 1. The van der Waals surface area contributed by atoms with Gasteiger partial charge in [0.05, 0.1) is 13.7 Å². The van der Waals surface area contributed by atoms with E-state index in [4.69, 9.17) is 9.47 Å². The molecule has 4 aromatic rings. The van der Waals surface area contributed by atoms with Crippen molar-refractivity contribution < 1.29 is 14.6 Å². The molecule has 4 heteroatoms. The minimum atomic E-state index is 0.178. The van der Waals surface area contributed by atoms with E-state index in [0.29, 0.717) is 17.9 Å². The Bertz CT molecular complexity index is 1280. The number of anilines is 1. The van der Waals surface area contributed by atoms with Crippen LogP contribution in [0.3, 0.4) is 0 Å². The number of methoxy groups -OCH3 is 1. The third-order valence-electron chi connectivity index (χ3n) is 5.67. The monoisotopic (exact) mass is 451 g/mol. The Balaban J connectivity index is 1.43. The molecule has 0 amide bonds. The van der Waals surface area contributed by atoms with Crippen LogP contribution in [0, 0.1) is 6.92 Å². The van der Waals surface area contributed by atoms with E-state index in [1.165, 1.54) is 5.56 Å². The van der Waals surface area contributed by atoms with E-state index in [0.717, 1.165) is 40.3 Å². The molecule has 0 spiro atoms. The zero-order valence-electron chi connectivity index (χ0n) is 19.5. The number of phenols is 1. The van der Waals surface area contributed by atoms with Crippen LogP contribution < -0.4 is 14.8 Å². The van der Waals surface area contributed by atoms with Crippen LogP contribution in [0.4, 0.5) is 5.69 Å². The van der Waals surface area contributed by atoms with Crippen LogP contribution in [0.5, 0.6) is 17.2 Å². The van der Waals surface area contributed by atoms with Crippen molar-refractivity contribution in [3.05, 3.63) is 114 Å². The van der Waals surface area contributed by atoms with E-state index in [9.17, 15) is 5.11 Å². The number of hydrogen-bond acceptors (Lipinski definition) is 4. The van der Waals surface area contributed by atoms with Gasteiger partial charge in [-0.1, -0.05) is 66.7 Å². The number of benzene rings is 4. The van der Waals surface area contributed by atoms with Crippen molar-refractivity contribution in [3.63, 3.8) is 0 Å². The largest absolute Gasteiger partial charge is 0.507 e. The van der Waals surface area contributed by atoms with Crippen molar-refractivity contribution in [2.75, 3.05) is 19.0 Å². The lowest BCUT2D eigenvalue weighted by molar-refractivity contribution is 0.318. The second kappa shape index (κ2) is 10.6. The first-order valence-corrected chi connectivity index (χ1v) is 11.2. The molecule has 0 fully saturated rings. The molecule has 4 nitrogen and oxygen atoms in total. The predicted octanol–water partition coefficient (Wildman–Crippen LogP) is 7.08. The number of ether oxygens (including phenoxy) is 2. The maximum atomic E-state index is 10.5. The number of hydrogen-bond donors (Lipinski definition) is 2. The number of aromatic hydroxyl groups is 1. The zero-order chi connectivity index (χ0) is 23.9. The van der Waals surface area contributed by atoms with E-state index < -0.39 is 0 Å². The number of rotatable bonds is 9. The fraction of sp³-hybridized carbons (Fsp3) is 0.133. The van der Waals surface area contributed by atoms with Gasteiger partial charge in [0.1, 0.15) is 17.2 Å². The second-order valence-electron chi connectivity index (χ2n) is 8.14. The van der Waals surface area contributed by atoms with Crippen LogP contribution in [0.1, 0.15) is 16.7 Å². The topological polar surface area (TPSA) is 50.7 Å². The molecular weight excluding hydrogens is 422 g/mol. The van der Waals surface area contributed by atoms with Crippen LogP contribution in [0.25, 0.3) is 16.8 Å². The third kappa shape index (κ3) is 5.59. The van der Waals surface area contributed by atoms with Gasteiger partial charge in [-0.25, -0.2) is 0 Å². The molecule has 0 unspecified atom stereocenters. The minimum absolute atomic E-state index is 0.178. The standard InChI is InChI=1S/C30H29NO3/c1-21-11-13-23(14-12-21)25-15-16-29(32)28(19-25)22(2)31-26-8-6-9-27(20-26)34-18-17-24-7-4-5-10-30(24)33-3/h4-16,19-20,31-32H,2,17-18H2,1,3H3. The van der Waals surface area contributed by atoms with Crippen LogP contribution in [0.15, 0.2) is 97.6 Å². The maximum absolute atomic E-state index is 10.5. The average molecular weight is 452 g/mol. The van der Waals surface area contributed by atoms with Crippen molar-refractivity contribution in [1.82, 2.24) is 0 Å². The van der Waals surface area contributed by atoms with Gasteiger partial charge in [-0.15, -0.1) is 0 Å². The molecule has 0 aromatic heterocycles. The van der Waals surface area contributed by atoms with Gasteiger partial charge in [0.25, 0.3) is 0 Å². The molecule has 4 rings (SSSR count). The van der Waals surface area contributed by atoms with Crippen LogP contribution in [0.2, 0.25) is 0 Å². The highest BCUT2D eigenvalue weighted by Gasteiger charge is 2.09. The molecule has 0 bridgehead atoms. The normalized spacial score (nSPS) is 10.5. The smallest absolute Gasteiger partial charge is 0.124 e. The Labute approximate surface area is 201 Å². The van der Waals surface area contributed by atoms with Gasteiger partial charge in [-0.3, -0.25) is 0 Å². The van der Waals surface area contributed by atoms with Gasteiger partial charge in [0.15, 0.2) is 0 Å². The molecular formula is C30H29NO3. The molecule has 0 atom stereocenters. The van der Waals surface area contributed by atoms with Crippen LogP contribution >= 0.6 is 0 Å². The quantitative estimate of drug-likeness (QED) is 0.285. The van der Waals surface area contributed by atoms with Gasteiger partial charge < -0.3 is 19.9 Å². The number of para-hydroxylation sites is 1. The number of nitrogens with one attached hydrogen (secondary N) is 1. The van der Waals surface area contributed by atoms with Gasteiger partial charge in [-0.05, 0) is 53.9 Å². The van der Waals surface area contributed by atoms with Crippen LogP contribution in [-0.2, 0) is 6.42 Å². The van der Waals surface area contributed by atoms with E-state index in [1.54, 1.807) is 13.2 Å². The molecule has 0 aliphatic rings. The highest BCUT2D eigenvalue weighted by molar-refractivity contribution is 5.81. The van der Waals surface area contributed by atoms with Crippen molar-refractivity contribution in [1.29, 1.82) is 0 Å². The van der Waals surface area contributed by atoms with Crippen LogP contribution in [-0.4, -0.2) is 18.8 Å². The lowest BCUT2D eigenvalue weighted by Gasteiger charge is -2.14. The van der Waals surface area contributed by atoms with Crippen molar-refractivity contribution in [3.8, 4) is 28.4 Å². The molecule has 0 aliphatic carbocycles. The molecule has 2 N–H and O–H groups in total. The van der Waals surface area contributed by atoms with Crippen molar-refractivity contribution >= 4 is 11.4 Å². The summed E-state index contributed by atoms with van der Waals surface area (Å²) in [7, 11) is 1.68. The molecule has 0 saturated heterocycles. The Hall–Kier alpha value is -4.18. The average Bonchev–Trinajstić information content (AvgIpc) is 2.85. The van der Waals surface area contributed by atoms with E-state index in [-0.39, 0.29) is 5.75 Å². The molecule has 0 heterocycles. The molecule has 0 aliphatic heterocycles. The first-order valence-electron chi connectivity index (χ1n) is 11.2. The Morgan fingerprint density at radius 3 is 2.44 bits per heavy atom. The molecule has 34 heavy (non-hydrogen) atoms. The summed E-state index contributed by atoms with van der Waals surface area (Å²) in [6.07, 6.45) is 0.744. The lowest BCUT2D eigenvalue weighted by Crippen LogP contribution is -2.03. The van der Waals surface area contributed by atoms with E-state index >= 15 is 0 Å². The lowest BCUT2D eigenvalue weighted by atomic mass is 10.00. The minimum Gasteiger partial charge on any atom is -0.507 e. The molecule has 172 valence electrons. The Morgan fingerprint density at radius 2 is 1.65 bits per heavy atom. The van der Waals surface area contributed by atoms with Gasteiger partial charge in [0, 0.05) is 29.4 Å². The predicted molar refractivity (Wildman–Crippen MR) is 140 cm³/mol. The summed E-state index contributed by atoms with van der Waals surface area (Å²) < 4.78 is 11.4. The molecule has 0 radical (unpaired) electrons. The summed E-state index contributed by atoms with van der Waals surface area (Å²) in [6.45, 7) is 6.75. The van der Waals surface area contributed by atoms with E-state index in [1.807, 2.05) is 60.7 Å². The third-order valence-corrected chi connectivity index (χ3v) is 5.67. The summed E-state index contributed by atoms with van der Waals surface area (Å²) in [4.78, 5) is 0. The van der Waals surface area contributed by atoms with Gasteiger partial charge in [0.2, 0.25) is 0 Å².